The molecule has 1 heterocycles. The molecule has 0 unspecified atom stereocenters. The molecule has 1 amide bonds. The van der Waals surface area contributed by atoms with E-state index in [2.05, 4.69) is 0 Å². The number of amides is 1. The fourth-order valence-electron chi connectivity index (χ4n) is 2.22. The van der Waals surface area contributed by atoms with E-state index in [1.807, 2.05) is 6.07 Å². The summed E-state index contributed by atoms with van der Waals surface area (Å²) in [6.07, 6.45) is 2.89. The quantitative estimate of drug-likeness (QED) is 0.821. The summed E-state index contributed by atoms with van der Waals surface area (Å²) in [5.41, 5.74) is 1.32. The fraction of sp³-hybridized carbons (Fsp3) is 0.312. The van der Waals surface area contributed by atoms with Gasteiger partial charge in [-0.1, -0.05) is 0 Å². The first kappa shape index (κ1) is 15.8. The molecule has 0 spiro atoms. The van der Waals surface area contributed by atoms with Crippen molar-refractivity contribution in [3.63, 3.8) is 0 Å². The predicted octanol–water partition coefficient (Wildman–Crippen LogP) is 2.58. The van der Waals surface area contributed by atoms with Crippen molar-refractivity contribution in [2.45, 2.75) is 6.54 Å². The average Bonchev–Trinajstić information content (AvgIpc) is 3.07. The molecule has 2 aromatic rings. The Kier molecular flexibility index (Phi) is 4.93. The number of furan rings is 1. The normalized spacial score (nSPS) is 10.2. The molecule has 0 N–H and O–H groups in total. The number of nitrogens with zero attached hydrogens (tertiary/aromatic N) is 1. The molecule has 0 fully saturated rings. The second-order valence-electron chi connectivity index (χ2n) is 4.67. The lowest BCUT2D eigenvalue weighted by Gasteiger charge is -2.20. The second-order valence-corrected chi connectivity index (χ2v) is 4.67. The van der Waals surface area contributed by atoms with Gasteiger partial charge in [0.1, 0.15) is 6.26 Å². The minimum Gasteiger partial charge on any atom is -0.493 e. The topological polar surface area (TPSA) is 61.1 Å². The van der Waals surface area contributed by atoms with Crippen molar-refractivity contribution in [3.05, 3.63) is 41.9 Å². The molecule has 0 atom stereocenters. The lowest BCUT2D eigenvalue weighted by Crippen LogP contribution is -2.26. The van der Waals surface area contributed by atoms with Gasteiger partial charge < -0.3 is 23.5 Å². The molecule has 6 heteroatoms. The zero-order valence-electron chi connectivity index (χ0n) is 13.1. The van der Waals surface area contributed by atoms with Gasteiger partial charge in [0.2, 0.25) is 5.75 Å². The summed E-state index contributed by atoms with van der Waals surface area (Å²) < 4.78 is 21.0. The third kappa shape index (κ3) is 3.00. The molecule has 0 saturated heterocycles. The Morgan fingerprint density at radius 1 is 1.09 bits per heavy atom. The molecular formula is C16H19NO5. The Morgan fingerprint density at radius 2 is 1.82 bits per heavy atom. The smallest absolute Gasteiger partial charge is 0.257 e. The summed E-state index contributed by atoms with van der Waals surface area (Å²) >= 11 is 0. The van der Waals surface area contributed by atoms with Gasteiger partial charge in [-0.05, 0) is 18.2 Å². The van der Waals surface area contributed by atoms with Crippen LogP contribution in [0, 0.1) is 0 Å². The fourth-order valence-corrected chi connectivity index (χ4v) is 2.22. The first-order valence-corrected chi connectivity index (χ1v) is 6.67. The van der Waals surface area contributed by atoms with Crippen molar-refractivity contribution in [1.82, 2.24) is 4.90 Å². The third-order valence-electron chi connectivity index (χ3n) is 3.31. The van der Waals surface area contributed by atoms with Gasteiger partial charge in [0.05, 0.1) is 33.2 Å². The summed E-state index contributed by atoms with van der Waals surface area (Å²) in [6, 6.07) is 5.26. The van der Waals surface area contributed by atoms with E-state index in [0.717, 1.165) is 5.56 Å². The van der Waals surface area contributed by atoms with Crippen LogP contribution in [0.4, 0.5) is 0 Å². The first-order valence-electron chi connectivity index (χ1n) is 6.67. The largest absolute Gasteiger partial charge is 0.493 e. The van der Waals surface area contributed by atoms with Gasteiger partial charge in [-0.3, -0.25) is 4.79 Å². The summed E-state index contributed by atoms with van der Waals surface area (Å²) in [6.45, 7) is 0.369. The molecule has 0 radical (unpaired) electrons. The van der Waals surface area contributed by atoms with E-state index in [9.17, 15) is 4.79 Å². The van der Waals surface area contributed by atoms with Gasteiger partial charge >= 0.3 is 0 Å². The zero-order chi connectivity index (χ0) is 16.1. The Hall–Kier alpha value is -2.63. The molecule has 0 aliphatic heterocycles. The highest BCUT2D eigenvalue weighted by atomic mass is 16.5. The van der Waals surface area contributed by atoms with Gasteiger partial charge in [-0.15, -0.1) is 0 Å². The lowest BCUT2D eigenvalue weighted by atomic mass is 10.1. The van der Waals surface area contributed by atoms with Crippen LogP contribution in [-0.4, -0.2) is 39.2 Å². The number of carbonyl (C=O) groups is 1. The Bertz CT molecular complexity index is 636. The van der Waals surface area contributed by atoms with Crippen LogP contribution >= 0.6 is 0 Å². The maximum absolute atomic E-state index is 12.3. The third-order valence-corrected chi connectivity index (χ3v) is 3.31. The van der Waals surface area contributed by atoms with Crippen LogP contribution in [0.5, 0.6) is 17.2 Å². The van der Waals surface area contributed by atoms with Gasteiger partial charge in [0, 0.05) is 19.2 Å². The molecule has 118 valence electrons. The number of hydrogen-bond acceptors (Lipinski definition) is 5. The number of hydrogen-bond donors (Lipinski definition) is 0. The number of carbonyl (C=O) groups excluding carboxylic acids is 1. The maximum Gasteiger partial charge on any atom is 0.257 e. The number of methoxy groups -OCH3 is 3. The predicted molar refractivity (Wildman–Crippen MR) is 80.6 cm³/mol. The molecule has 0 bridgehead atoms. The van der Waals surface area contributed by atoms with Crippen LogP contribution in [0.2, 0.25) is 0 Å². The van der Waals surface area contributed by atoms with E-state index in [0.29, 0.717) is 29.4 Å². The van der Waals surface area contributed by atoms with E-state index >= 15 is 0 Å². The van der Waals surface area contributed by atoms with Crippen LogP contribution in [0.25, 0.3) is 0 Å². The van der Waals surface area contributed by atoms with Crippen molar-refractivity contribution in [2.24, 2.45) is 0 Å². The standard InChI is InChI=1S/C16H19NO5/c1-17(16(18)12-7-8-22-10-12)9-11-5-6-13(19-2)15(21-4)14(11)20-3/h5-8,10H,9H2,1-4H3. The summed E-state index contributed by atoms with van der Waals surface area (Å²) in [5.74, 6) is 1.50. The second kappa shape index (κ2) is 6.89. The molecular weight excluding hydrogens is 286 g/mol. The van der Waals surface area contributed by atoms with E-state index in [-0.39, 0.29) is 5.91 Å². The van der Waals surface area contributed by atoms with Gasteiger partial charge in [-0.2, -0.15) is 0 Å². The van der Waals surface area contributed by atoms with Crippen LogP contribution in [-0.2, 0) is 6.54 Å². The Labute approximate surface area is 129 Å². The molecule has 1 aromatic heterocycles. The molecule has 0 aliphatic carbocycles. The summed E-state index contributed by atoms with van der Waals surface area (Å²) in [4.78, 5) is 13.8. The van der Waals surface area contributed by atoms with E-state index in [1.165, 1.54) is 12.5 Å². The summed E-state index contributed by atoms with van der Waals surface area (Å²) in [7, 11) is 6.38. The Morgan fingerprint density at radius 3 is 2.36 bits per heavy atom. The Balaban J connectivity index is 2.27. The van der Waals surface area contributed by atoms with Gasteiger partial charge in [-0.25, -0.2) is 0 Å². The van der Waals surface area contributed by atoms with Crippen molar-refractivity contribution in [3.8, 4) is 17.2 Å². The monoisotopic (exact) mass is 305 g/mol. The summed E-state index contributed by atoms with van der Waals surface area (Å²) in [5, 5.41) is 0. The lowest BCUT2D eigenvalue weighted by molar-refractivity contribution is 0.0783. The molecule has 0 saturated carbocycles. The molecule has 6 nitrogen and oxygen atoms in total. The molecule has 22 heavy (non-hydrogen) atoms. The highest BCUT2D eigenvalue weighted by Gasteiger charge is 2.19. The molecule has 2 rings (SSSR count). The number of benzene rings is 1. The van der Waals surface area contributed by atoms with Crippen molar-refractivity contribution in [2.75, 3.05) is 28.4 Å². The minimum absolute atomic E-state index is 0.134. The highest BCUT2D eigenvalue weighted by Crippen LogP contribution is 2.40. The van der Waals surface area contributed by atoms with Crippen molar-refractivity contribution < 1.29 is 23.4 Å². The van der Waals surface area contributed by atoms with Crippen LogP contribution in [0.1, 0.15) is 15.9 Å². The zero-order valence-corrected chi connectivity index (χ0v) is 13.1. The molecule has 1 aromatic carbocycles. The highest BCUT2D eigenvalue weighted by molar-refractivity contribution is 5.93. The van der Waals surface area contributed by atoms with Gasteiger partial charge in [0.15, 0.2) is 11.5 Å². The van der Waals surface area contributed by atoms with E-state index in [1.54, 1.807) is 45.4 Å². The van der Waals surface area contributed by atoms with E-state index in [4.69, 9.17) is 18.6 Å². The van der Waals surface area contributed by atoms with Crippen molar-refractivity contribution >= 4 is 5.91 Å². The van der Waals surface area contributed by atoms with Crippen LogP contribution in [0.3, 0.4) is 0 Å². The van der Waals surface area contributed by atoms with Crippen LogP contribution in [0.15, 0.2) is 35.1 Å². The molecule has 0 aliphatic rings. The maximum atomic E-state index is 12.3. The van der Waals surface area contributed by atoms with Crippen LogP contribution < -0.4 is 14.2 Å². The van der Waals surface area contributed by atoms with E-state index < -0.39 is 0 Å². The van der Waals surface area contributed by atoms with Crippen molar-refractivity contribution in [1.29, 1.82) is 0 Å². The minimum atomic E-state index is -0.134. The number of ether oxygens (including phenoxy) is 3. The average molecular weight is 305 g/mol. The number of rotatable bonds is 6. The first-order chi connectivity index (χ1) is 10.6. The van der Waals surface area contributed by atoms with Gasteiger partial charge in [0.25, 0.3) is 5.91 Å². The SMILES string of the molecule is COc1ccc(CN(C)C(=O)c2ccoc2)c(OC)c1OC.